The summed E-state index contributed by atoms with van der Waals surface area (Å²) in [5.41, 5.74) is -1.62. The number of unbranched alkanes of at least 4 members (excludes halogenated alkanes) is 5. The van der Waals surface area contributed by atoms with Crippen LogP contribution < -0.4 is 5.32 Å². The van der Waals surface area contributed by atoms with E-state index in [0.29, 0.717) is 30.7 Å². The summed E-state index contributed by atoms with van der Waals surface area (Å²) in [4.78, 5) is 27.5. The summed E-state index contributed by atoms with van der Waals surface area (Å²) in [6, 6.07) is 0.265. The number of hydrogen-bond donors (Lipinski definition) is 2. The fourth-order valence-corrected chi connectivity index (χ4v) is 8.38. The van der Waals surface area contributed by atoms with E-state index < -0.39 is 5.60 Å². The van der Waals surface area contributed by atoms with Gasteiger partial charge in [0.05, 0.1) is 0 Å². The van der Waals surface area contributed by atoms with Crippen molar-refractivity contribution >= 4 is 11.8 Å². The van der Waals surface area contributed by atoms with Crippen LogP contribution in [0.3, 0.4) is 0 Å². The Kier molecular flexibility index (Phi) is 7.02. The zero-order valence-corrected chi connectivity index (χ0v) is 21.4. The van der Waals surface area contributed by atoms with Crippen LogP contribution in [0.25, 0.3) is 0 Å². The topological polar surface area (TPSA) is 69.6 Å². The number of nitrogens with one attached hydrogen (secondary N) is 1. The molecule has 5 heteroatoms. The Morgan fingerprint density at radius 3 is 2.52 bits per heavy atom. The first-order valence-corrected chi connectivity index (χ1v) is 13.7. The molecule has 2 N–H and O–H groups in total. The van der Waals surface area contributed by atoms with Crippen molar-refractivity contribution < 1.29 is 14.7 Å². The Morgan fingerprint density at radius 1 is 1.06 bits per heavy atom. The summed E-state index contributed by atoms with van der Waals surface area (Å²) in [5, 5.41) is 14.9. The maximum atomic E-state index is 13.3. The number of likely N-dealkylation sites (N-methyl/N-ethyl adjacent to an activating group) is 1. The largest absolute Gasteiger partial charge is 0.379 e. The average Bonchev–Trinajstić information content (AvgIpc) is 3.08. The molecule has 0 aromatic heterocycles. The van der Waals surface area contributed by atoms with Crippen molar-refractivity contribution in [3.8, 4) is 0 Å². The molecular formula is C28H46N2O3. The van der Waals surface area contributed by atoms with E-state index in [1.165, 1.54) is 25.7 Å². The highest BCUT2D eigenvalue weighted by Crippen LogP contribution is 2.66. The molecule has 7 atom stereocenters. The molecule has 0 aromatic carbocycles. The highest BCUT2D eigenvalue weighted by Gasteiger charge is 2.67. The van der Waals surface area contributed by atoms with Gasteiger partial charge in [0.2, 0.25) is 5.91 Å². The summed E-state index contributed by atoms with van der Waals surface area (Å²) >= 11 is 0. The van der Waals surface area contributed by atoms with Crippen molar-refractivity contribution in [2.75, 3.05) is 13.6 Å². The third-order valence-electron chi connectivity index (χ3n) is 10.5. The predicted molar refractivity (Wildman–Crippen MR) is 131 cm³/mol. The molecule has 3 aliphatic carbocycles. The molecule has 1 aliphatic heterocycles. The first-order chi connectivity index (χ1) is 15.7. The smallest absolute Gasteiger partial charge is 0.252 e. The van der Waals surface area contributed by atoms with Crippen molar-refractivity contribution in [2.24, 2.45) is 28.6 Å². The molecule has 4 rings (SSSR count). The molecular weight excluding hydrogens is 412 g/mol. The Bertz CT molecular complexity index is 781. The number of rotatable bonds is 8. The summed E-state index contributed by atoms with van der Waals surface area (Å²) in [5.74, 6) is 1.37. The quantitative estimate of drug-likeness (QED) is 0.512. The maximum Gasteiger partial charge on any atom is 0.252 e. The second kappa shape index (κ2) is 9.36. The van der Waals surface area contributed by atoms with Crippen LogP contribution in [0.15, 0.2) is 12.2 Å². The van der Waals surface area contributed by atoms with Crippen LogP contribution >= 0.6 is 0 Å². The average molecular weight is 459 g/mol. The predicted octanol–water partition coefficient (Wildman–Crippen LogP) is 4.83. The van der Waals surface area contributed by atoms with Gasteiger partial charge in [0.1, 0.15) is 5.60 Å². The fraction of sp³-hybridized carbons (Fsp3) is 0.857. The van der Waals surface area contributed by atoms with Crippen molar-refractivity contribution in [1.82, 2.24) is 10.2 Å². The first-order valence-electron chi connectivity index (χ1n) is 13.7. The minimum absolute atomic E-state index is 0.00630. The second-order valence-electron chi connectivity index (χ2n) is 12.0. The lowest BCUT2D eigenvalue weighted by atomic mass is 9.47. The number of aliphatic hydroxyl groups is 1. The van der Waals surface area contributed by atoms with Gasteiger partial charge in [-0.2, -0.15) is 0 Å². The minimum Gasteiger partial charge on any atom is -0.379 e. The van der Waals surface area contributed by atoms with E-state index in [1.807, 2.05) is 11.9 Å². The van der Waals surface area contributed by atoms with Gasteiger partial charge in [-0.1, -0.05) is 59.0 Å². The van der Waals surface area contributed by atoms with E-state index >= 15 is 0 Å². The Morgan fingerprint density at radius 2 is 1.76 bits per heavy atom. The van der Waals surface area contributed by atoms with Gasteiger partial charge in [0.25, 0.3) is 5.91 Å². The number of carbonyl (C=O) groups excluding carboxylic acids is 2. The molecule has 0 aromatic rings. The van der Waals surface area contributed by atoms with Crippen molar-refractivity contribution in [1.29, 1.82) is 0 Å². The summed E-state index contributed by atoms with van der Waals surface area (Å²) in [7, 11) is 1.95. The van der Waals surface area contributed by atoms with Crippen LogP contribution in [-0.4, -0.2) is 47.1 Å². The van der Waals surface area contributed by atoms with Gasteiger partial charge in [-0.05, 0) is 68.8 Å². The van der Waals surface area contributed by atoms with Crippen LogP contribution in [-0.2, 0) is 9.59 Å². The summed E-state index contributed by atoms with van der Waals surface area (Å²) < 4.78 is 0. The highest BCUT2D eigenvalue weighted by atomic mass is 16.3. The van der Waals surface area contributed by atoms with Crippen molar-refractivity contribution in [3.05, 3.63) is 12.2 Å². The van der Waals surface area contributed by atoms with Crippen LogP contribution in [0.2, 0.25) is 0 Å². The molecule has 0 radical (unpaired) electrons. The number of amides is 2. The zero-order valence-electron chi connectivity index (χ0n) is 21.4. The van der Waals surface area contributed by atoms with Crippen LogP contribution in [0.4, 0.5) is 0 Å². The van der Waals surface area contributed by atoms with Gasteiger partial charge in [-0.15, -0.1) is 0 Å². The number of hydrogen-bond acceptors (Lipinski definition) is 3. The summed E-state index contributed by atoms with van der Waals surface area (Å²) in [6.45, 7) is 7.42. The lowest BCUT2D eigenvalue weighted by Crippen LogP contribution is -2.63. The van der Waals surface area contributed by atoms with E-state index in [9.17, 15) is 14.7 Å². The Balaban J connectivity index is 1.42. The van der Waals surface area contributed by atoms with E-state index in [0.717, 1.165) is 44.9 Å². The molecule has 0 bridgehead atoms. The van der Waals surface area contributed by atoms with E-state index in [2.05, 4.69) is 32.2 Å². The van der Waals surface area contributed by atoms with E-state index in [-0.39, 0.29) is 28.7 Å². The SMILES string of the molecule is CCCCCCCCNC(=O)C1(O)CC[C@H]2[C@@H]3CCC4N(C)C(=O)C=C[C@]4(C)[C@@H]3CC[C@@]21C. The molecule has 0 saturated heterocycles. The molecule has 1 heterocycles. The first kappa shape index (κ1) is 24.8. The van der Waals surface area contributed by atoms with E-state index in [1.54, 1.807) is 6.08 Å². The lowest BCUT2D eigenvalue weighted by molar-refractivity contribution is -0.168. The third kappa shape index (κ3) is 3.96. The van der Waals surface area contributed by atoms with E-state index in [4.69, 9.17) is 0 Å². The lowest BCUT2D eigenvalue weighted by Gasteiger charge is -2.60. The number of nitrogens with zero attached hydrogens (tertiary/aromatic N) is 1. The van der Waals surface area contributed by atoms with Crippen molar-refractivity contribution in [2.45, 2.75) is 109 Å². The Labute approximate surface area is 200 Å². The monoisotopic (exact) mass is 458 g/mol. The molecule has 5 nitrogen and oxygen atoms in total. The van der Waals surface area contributed by atoms with Crippen LogP contribution in [0.1, 0.15) is 97.8 Å². The van der Waals surface area contributed by atoms with Crippen LogP contribution in [0, 0.1) is 28.6 Å². The van der Waals surface area contributed by atoms with Gasteiger partial charge < -0.3 is 15.3 Å². The normalized spacial score (nSPS) is 42.0. The second-order valence-corrected chi connectivity index (χ2v) is 12.0. The molecule has 4 aliphatic rings. The van der Waals surface area contributed by atoms with Gasteiger partial charge in [-0.3, -0.25) is 9.59 Å². The van der Waals surface area contributed by atoms with Gasteiger partial charge in [-0.25, -0.2) is 0 Å². The third-order valence-corrected chi connectivity index (χ3v) is 10.5. The highest BCUT2D eigenvalue weighted by molar-refractivity contribution is 5.89. The molecule has 3 fully saturated rings. The molecule has 3 saturated carbocycles. The van der Waals surface area contributed by atoms with Gasteiger partial charge >= 0.3 is 0 Å². The zero-order chi connectivity index (χ0) is 23.9. The Hall–Kier alpha value is -1.36. The number of carbonyl (C=O) groups is 2. The number of fused-ring (bicyclic) bond motifs is 5. The standard InChI is InChI=1S/C28H46N2O3/c1-5-6-7-8-9-10-19-29-25(32)28(33)18-14-22-20-11-12-23-26(2,16-15-24(31)30(23)4)21(20)13-17-27(22,28)3/h15-16,20-23,33H,5-14,17-19H2,1-4H3,(H,29,32)/t20-,21-,22+,23?,26-,27+,28?/m1/s1. The molecule has 186 valence electrons. The van der Waals surface area contributed by atoms with Gasteiger partial charge in [0, 0.05) is 30.5 Å². The van der Waals surface area contributed by atoms with Gasteiger partial charge in [0.15, 0.2) is 0 Å². The molecule has 2 unspecified atom stereocenters. The van der Waals surface area contributed by atoms with Crippen LogP contribution in [0.5, 0.6) is 0 Å². The summed E-state index contributed by atoms with van der Waals surface area (Å²) in [6.07, 6.45) is 16.6. The minimum atomic E-state index is -1.25. The molecule has 2 amide bonds. The molecule has 33 heavy (non-hydrogen) atoms. The fourth-order valence-electron chi connectivity index (χ4n) is 8.38. The maximum absolute atomic E-state index is 13.3. The molecule has 0 spiro atoms. The van der Waals surface area contributed by atoms with Crippen molar-refractivity contribution in [3.63, 3.8) is 0 Å².